The molecule has 0 aromatic carbocycles. The molecule has 0 spiro atoms. The van der Waals surface area contributed by atoms with Crippen molar-refractivity contribution in [2.45, 2.75) is 19.8 Å². The standard InChI is InChI=1S/C11H23N3O2/c1-5-9(7-12)6-10(15)14(4)8-11(16)13(2)3/h9H,5-8,12H2,1-4H3. The number of carbonyl (C=O) groups is 2. The molecule has 0 fully saturated rings. The predicted molar refractivity (Wildman–Crippen MR) is 63.8 cm³/mol. The summed E-state index contributed by atoms with van der Waals surface area (Å²) < 4.78 is 0. The Balaban J connectivity index is 4.13. The Hall–Kier alpha value is -1.10. The van der Waals surface area contributed by atoms with Gasteiger partial charge in [0, 0.05) is 27.6 Å². The highest BCUT2D eigenvalue weighted by atomic mass is 16.2. The van der Waals surface area contributed by atoms with Gasteiger partial charge in [0.1, 0.15) is 0 Å². The van der Waals surface area contributed by atoms with Crippen LogP contribution < -0.4 is 5.73 Å². The van der Waals surface area contributed by atoms with Gasteiger partial charge in [-0.2, -0.15) is 0 Å². The number of amides is 2. The Bertz CT molecular complexity index is 237. The molecule has 1 unspecified atom stereocenters. The Morgan fingerprint density at radius 3 is 2.12 bits per heavy atom. The maximum absolute atomic E-state index is 11.7. The molecule has 1 atom stereocenters. The highest BCUT2D eigenvalue weighted by molar-refractivity contribution is 5.84. The molecule has 0 aliphatic heterocycles. The van der Waals surface area contributed by atoms with E-state index >= 15 is 0 Å². The van der Waals surface area contributed by atoms with Gasteiger partial charge in [0.05, 0.1) is 6.54 Å². The third-order valence-electron chi connectivity index (χ3n) is 2.67. The highest BCUT2D eigenvalue weighted by Gasteiger charge is 2.17. The van der Waals surface area contributed by atoms with Crippen molar-refractivity contribution in [1.82, 2.24) is 9.80 Å². The van der Waals surface area contributed by atoms with E-state index in [0.717, 1.165) is 6.42 Å². The molecule has 0 aromatic heterocycles. The third kappa shape index (κ3) is 5.11. The van der Waals surface area contributed by atoms with Crippen LogP contribution in [0.5, 0.6) is 0 Å². The van der Waals surface area contributed by atoms with Crippen LogP contribution in [0.2, 0.25) is 0 Å². The molecule has 0 aromatic rings. The van der Waals surface area contributed by atoms with Crippen molar-refractivity contribution < 1.29 is 9.59 Å². The molecule has 5 heteroatoms. The lowest BCUT2D eigenvalue weighted by atomic mass is 10.0. The Kier molecular flexibility index (Phi) is 6.72. The lowest BCUT2D eigenvalue weighted by Crippen LogP contribution is -2.38. The molecule has 0 bridgehead atoms. The SMILES string of the molecule is CCC(CN)CC(=O)N(C)CC(=O)N(C)C. The maximum atomic E-state index is 11.7. The van der Waals surface area contributed by atoms with Gasteiger partial charge in [-0.05, 0) is 12.5 Å². The average molecular weight is 229 g/mol. The van der Waals surface area contributed by atoms with Crippen molar-refractivity contribution in [2.75, 3.05) is 34.2 Å². The van der Waals surface area contributed by atoms with E-state index in [1.165, 1.54) is 9.80 Å². The van der Waals surface area contributed by atoms with Crippen LogP contribution in [0.15, 0.2) is 0 Å². The van der Waals surface area contributed by atoms with E-state index in [9.17, 15) is 9.59 Å². The Morgan fingerprint density at radius 2 is 1.75 bits per heavy atom. The van der Waals surface area contributed by atoms with E-state index in [-0.39, 0.29) is 24.3 Å². The van der Waals surface area contributed by atoms with Gasteiger partial charge in [-0.15, -0.1) is 0 Å². The molecule has 0 aliphatic rings. The molecule has 16 heavy (non-hydrogen) atoms. The monoisotopic (exact) mass is 229 g/mol. The number of rotatable bonds is 6. The molecule has 0 aliphatic carbocycles. The van der Waals surface area contributed by atoms with E-state index in [1.54, 1.807) is 21.1 Å². The summed E-state index contributed by atoms with van der Waals surface area (Å²) in [6.07, 6.45) is 1.31. The summed E-state index contributed by atoms with van der Waals surface area (Å²) in [5, 5.41) is 0. The van der Waals surface area contributed by atoms with Crippen LogP contribution in [-0.4, -0.2) is 55.8 Å². The minimum Gasteiger partial charge on any atom is -0.347 e. The zero-order chi connectivity index (χ0) is 12.7. The van der Waals surface area contributed by atoms with Crippen LogP contribution in [-0.2, 0) is 9.59 Å². The topological polar surface area (TPSA) is 66.6 Å². The van der Waals surface area contributed by atoms with Crippen molar-refractivity contribution in [3.63, 3.8) is 0 Å². The van der Waals surface area contributed by atoms with Crippen LogP contribution in [0.25, 0.3) is 0 Å². The van der Waals surface area contributed by atoms with Gasteiger partial charge in [0.2, 0.25) is 11.8 Å². The van der Waals surface area contributed by atoms with Crippen molar-refractivity contribution in [2.24, 2.45) is 11.7 Å². The van der Waals surface area contributed by atoms with Gasteiger partial charge in [-0.3, -0.25) is 9.59 Å². The number of likely N-dealkylation sites (N-methyl/N-ethyl adjacent to an activating group) is 2. The maximum Gasteiger partial charge on any atom is 0.241 e. The van der Waals surface area contributed by atoms with E-state index in [2.05, 4.69) is 0 Å². The smallest absolute Gasteiger partial charge is 0.241 e. The van der Waals surface area contributed by atoms with Crippen LogP contribution in [0.4, 0.5) is 0 Å². The van der Waals surface area contributed by atoms with Crippen molar-refractivity contribution in [1.29, 1.82) is 0 Å². The van der Waals surface area contributed by atoms with Gasteiger partial charge < -0.3 is 15.5 Å². The fourth-order valence-corrected chi connectivity index (χ4v) is 1.23. The molecule has 0 rings (SSSR count). The lowest BCUT2D eigenvalue weighted by Gasteiger charge is -2.21. The summed E-state index contributed by atoms with van der Waals surface area (Å²) in [4.78, 5) is 26.1. The first kappa shape index (κ1) is 14.9. The summed E-state index contributed by atoms with van der Waals surface area (Å²) >= 11 is 0. The zero-order valence-electron chi connectivity index (χ0n) is 10.7. The van der Waals surface area contributed by atoms with E-state index < -0.39 is 0 Å². The number of nitrogens with zero attached hydrogens (tertiary/aromatic N) is 2. The van der Waals surface area contributed by atoms with Gasteiger partial charge in [-0.25, -0.2) is 0 Å². The summed E-state index contributed by atoms with van der Waals surface area (Å²) in [6.45, 7) is 2.65. The fourth-order valence-electron chi connectivity index (χ4n) is 1.23. The van der Waals surface area contributed by atoms with Crippen molar-refractivity contribution >= 4 is 11.8 Å². The molecule has 94 valence electrons. The first-order valence-electron chi connectivity index (χ1n) is 5.56. The molecular formula is C11H23N3O2. The molecule has 5 nitrogen and oxygen atoms in total. The summed E-state index contributed by atoms with van der Waals surface area (Å²) in [5.41, 5.74) is 5.54. The van der Waals surface area contributed by atoms with Gasteiger partial charge in [0.15, 0.2) is 0 Å². The van der Waals surface area contributed by atoms with Crippen LogP contribution in [0.1, 0.15) is 19.8 Å². The quantitative estimate of drug-likeness (QED) is 0.692. The largest absolute Gasteiger partial charge is 0.347 e. The molecule has 0 heterocycles. The molecule has 2 N–H and O–H groups in total. The first-order valence-corrected chi connectivity index (χ1v) is 5.56. The van der Waals surface area contributed by atoms with Crippen LogP contribution in [0, 0.1) is 5.92 Å². The second kappa shape index (κ2) is 7.22. The Morgan fingerprint density at radius 1 is 1.19 bits per heavy atom. The summed E-state index contributed by atoms with van der Waals surface area (Å²) in [7, 11) is 5.00. The third-order valence-corrected chi connectivity index (χ3v) is 2.67. The fraction of sp³-hybridized carbons (Fsp3) is 0.818. The van der Waals surface area contributed by atoms with Gasteiger partial charge >= 0.3 is 0 Å². The number of nitrogens with two attached hydrogens (primary N) is 1. The molecule has 0 saturated heterocycles. The van der Waals surface area contributed by atoms with Crippen LogP contribution in [0.3, 0.4) is 0 Å². The van der Waals surface area contributed by atoms with Crippen LogP contribution >= 0.6 is 0 Å². The summed E-state index contributed by atoms with van der Waals surface area (Å²) in [5.74, 6) is 0.119. The van der Waals surface area contributed by atoms with Gasteiger partial charge in [-0.1, -0.05) is 13.3 Å². The van der Waals surface area contributed by atoms with Crippen molar-refractivity contribution in [3.05, 3.63) is 0 Å². The van der Waals surface area contributed by atoms with Crippen molar-refractivity contribution in [3.8, 4) is 0 Å². The minimum atomic E-state index is -0.0725. The normalized spacial score (nSPS) is 12.1. The number of hydrogen-bond donors (Lipinski definition) is 1. The summed E-state index contributed by atoms with van der Waals surface area (Å²) in [6, 6.07) is 0. The van der Waals surface area contributed by atoms with E-state index in [1.807, 2.05) is 6.92 Å². The first-order chi connectivity index (χ1) is 7.42. The molecule has 0 saturated carbocycles. The highest BCUT2D eigenvalue weighted by Crippen LogP contribution is 2.07. The number of hydrogen-bond acceptors (Lipinski definition) is 3. The second-order valence-corrected chi connectivity index (χ2v) is 4.25. The lowest BCUT2D eigenvalue weighted by molar-refractivity contribution is -0.138. The molecular weight excluding hydrogens is 206 g/mol. The van der Waals surface area contributed by atoms with E-state index in [0.29, 0.717) is 13.0 Å². The Labute approximate surface area is 97.6 Å². The van der Waals surface area contributed by atoms with E-state index in [4.69, 9.17) is 5.73 Å². The second-order valence-electron chi connectivity index (χ2n) is 4.25. The minimum absolute atomic E-state index is 0.0208. The molecule has 2 amide bonds. The van der Waals surface area contributed by atoms with Gasteiger partial charge in [0.25, 0.3) is 0 Å². The molecule has 0 radical (unpaired) electrons. The number of carbonyl (C=O) groups excluding carboxylic acids is 2. The zero-order valence-corrected chi connectivity index (χ0v) is 10.7. The predicted octanol–water partition coefficient (Wildman–Crippen LogP) is -0.0920. The average Bonchev–Trinajstić information content (AvgIpc) is 2.24.